The van der Waals surface area contributed by atoms with Gasteiger partial charge in [-0.3, -0.25) is 9.78 Å². The van der Waals surface area contributed by atoms with Crippen molar-refractivity contribution in [3.05, 3.63) is 102 Å². The van der Waals surface area contributed by atoms with Crippen LogP contribution in [0.4, 0.5) is 0 Å². The molecule has 5 rings (SSSR count). The van der Waals surface area contributed by atoms with E-state index in [1.807, 2.05) is 37.3 Å². The van der Waals surface area contributed by atoms with Crippen LogP contribution < -0.4 is 5.32 Å². The lowest BCUT2D eigenvalue weighted by Gasteiger charge is -2.21. The first-order valence-electron chi connectivity index (χ1n) is 11.5. The highest BCUT2D eigenvalue weighted by atomic mass is 16.1. The van der Waals surface area contributed by atoms with Gasteiger partial charge in [-0.1, -0.05) is 60.7 Å². The molecule has 1 amide bonds. The summed E-state index contributed by atoms with van der Waals surface area (Å²) in [4.78, 5) is 17.4. The molecule has 0 bridgehead atoms. The van der Waals surface area contributed by atoms with E-state index in [-0.39, 0.29) is 5.91 Å². The van der Waals surface area contributed by atoms with E-state index in [4.69, 9.17) is 4.98 Å². The second kappa shape index (κ2) is 8.38. The number of nitrogens with one attached hydrogen (secondary N) is 1. The number of carbonyl (C=O) groups excluding carboxylic acids is 1. The van der Waals surface area contributed by atoms with Gasteiger partial charge in [-0.2, -0.15) is 0 Å². The van der Waals surface area contributed by atoms with Crippen molar-refractivity contribution in [2.24, 2.45) is 5.41 Å². The van der Waals surface area contributed by atoms with Crippen LogP contribution in [-0.2, 0) is 0 Å². The maximum atomic E-state index is 12.7. The van der Waals surface area contributed by atoms with Crippen molar-refractivity contribution in [1.29, 1.82) is 0 Å². The predicted molar refractivity (Wildman–Crippen MR) is 132 cm³/mol. The number of para-hydroxylation sites is 1. The van der Waals surface area contributed by atoms with Gasteiger partial charge in [-0.15, -0.1) is 0 Å². The molecule has 161 valence electrons. The summed E-state index contributed by atoms with van der Waals surface area (Å²) < 4.78 is 0. The zero-order chi connectivity index (χ0) is 22.1. The summed E-state index contributed by atoms with van der Waals surface area (Å²) in [5.74, 6) is -0.107. The van der Waals surface area contributed by atoms with Gasteiger partial charge in [0.1, 0.15) is 0 Å². The molecule has 3 nitrogen and oxygen atoms in total. The largest absolute Gasteiger partial charge is 0.348 e. The molecule has 0 unspecified atom stereocenters. The summed E-state index contributed by atoms with van der Waals surface area (Å²) in [6.07, 6.45) is 20.6. The number of aromatic nitrogens is 1. The van der Waals surface area contributed by atoms with E-state index in [1.54, 1.807) is 6.20 Å². The number of benzene rings is 1. The van der Waals surface area contributed by atoms with Crippen LogP contribution >= 0.6 is 0 Å². The van der Waals surface area contributed by atoms with E-state index in [2.05, 4.69) is 42.6 Å². The Hall–Kier alpha value is -3.20. The highest BCUT2D eigenvalue weighted by molar-refractivity contribution is 5.99. The van der Waals surface area contributed by atoms with Crippen LogP contribution in [0.3, 0.4) is 0 Å². The Morgan fingerprint density at radius 2 is 2.12 bits per heavy atom. The van der Waals surface area contributed by atoms with Crippen molar-refractivity contribution in [2.45, 2.75) is 39.0 Å². The Morgan fingerprint density at radius 3 is 2.84 bits per heavy atom. The van der Waals surface area contributed by atoms with Gasteiger partial charge in [-0.05, 0) is 67.2 Å². The number of rotatable bonds is 7. The highest BCUT2D eigenvalue weighted by Gasteiger charge is 2.42. The monoisotopic (exact) mass is 421 g/mol. The molecule has 1 aromatic heterocycles. The van der Waals surface area contributed by atoms with Crippen LogP contribution in [0.1, 0.15) is 54.9 Å². The molecule has 3 aliphatic carbocycles. The molecule has 0 aliphatic heterocycles. The zero-order valence-corrected chi connectivity index (χ0v) is 18.7. The number of amides is 1. The van der Waals surface area contributed by atoms with Crippen molar-refractivity contribution in [3.63, 3.8) is 0 Å². The number of hydrogen-bond acceptors (Lipinski definition) is 2. The minimum absolute atomic E-state index is 0.107. The molecular weight excluding hydrogens is 392 g/mol. The quantitative estimate of drug-likeness (QED) is 0.518. The van der Waals surface area contributed by atoms with E-state index in [9.17, 15) is 4.79 Å². The van der Waals surface area contributed by atoms with Gasteiger partial charge in [0.25, 0.3) is 5.91 Å². The summed E-state index contributed by atoms with van der Waals surface area (Å²) in [6, 6.07) is 8.24. The molecule has 1 radical (unpaired) electrons. The van der Waals surface area contributed by atoms with Gasteiger partial charge in [-0.25, -0.2) is 0 Å². The second-order valence-electron chi connectivity index (χ2n) is 9.45. The molecule has 3 aliphatic rings. The van der Waals surface area contributed by atoms with Crippen molar-refractivity contribution in [2.75, 3.05) is 6.54 Å². The fourth-order valence-corrected chi connectivity index (χ4v) is 4.46. The van der Waals surface area contributed by atoms with Crippen molar-refractivity contribution < 1.29 is 4.79 Å². The molecule has 32 heavy (non-hydrogen) atoms. The molecule has 0 saturated heterocycles. The van der Waals surface area contributed by atoms with Crippen molar-refractivity contribution >= 4 is 22.4 Å². The lowest BCUT2D eigenvalue weighted by Crippen LogP contribution is -2.25. The topological polar surface area (TPSA) is 42.0 Å². The number of allylic oxidation sites excluding steroid dienone is 8. The first kappa shape index (κ1) is 20.7. The smallest absolute Gasteiger partial charge is 0.253 e. The summed E-state index contributed by atoms with van der Waals surface area (Å²) in [5.41, 5.74) is 8.02. The Kier molecular flexibility index (Phi) is 5.42. The minimum atomic E-state index is -0.107. The lowest BCUT2D eigenvalue weighted by atomic mass is 9.84. The van der Waals surface area contributed by atoms with Crippen molar-refractivity contribution in [3.8, 4) is 0 Å². The summed E-state index contributed by atoms with van der Waals surface area (Å²) in [5, 5.41) is 4.01. The standard InChI is InChI=1S/C29H29N2O/c1-20(6-7-22-8-9-22)16-21(2)18-31-28(32)25-17-24-4-3-5-26(27(24)30-19-25)23-10-12-29(13-11-23)14-15-29/h3-10,16-17,19H,1,11-15,18H2,2H3,(H,31,32)/b7-6-,21-16+. The highest BCUT2D eigenvalue weighted by Crippen LogP contribution is 2.56. The number of carbonyl (C=O) groups is 1. The van der Waals surface area contributed by atoms with Crippen LogP contribution in [0, 0.1) is 11.8 Å². The molecule has 3 heteroatoms. The van der Waals surface area contributed by atoms with E-state index in [0.717, 1.165) is 28.5 Å². The van der Waals surface area contributed by atoms with Crippen molar-refractivity contribution in [1.82, 2.24) is 10.3 Å². The van der Waals surface area contributed by atoms with Gasteiger partial charge < -0.3 is 5.32 Å². The lowest BCUT2D eigenvalue weighted by molar-refractivity contribution is 0.0957. The van der Waals surface area contributed by atoms with Gasteiger partial charge in [0.05, 0.1) is 11.1 Å². The first-order valence-corrected chi connectivity index (χ1v) is 11.5. The fraction of sp³-hybridized carbons (Fsp3) is 0.276. The normalized spacial score (nSPS) is 19.1. The molecule has 2 aromatic rings. The summed E-state index contributed by atoms with van der Waals surface area (Å²) >= 11 is 0. The molecule has 0 atom stereocenters. The van der Waals surface area contributed by atoms with E-state index < -0.39 is 0 Å². The van der Waals surface area contributed by atoms with Crippen LogP contribution in [-0.4, -0.2) is 17.4 Å². The average Bonchev–Trinajstić information content (AvgIpc) is 3.74. The van der Waals surface area contributed by atoms with Crippen LogP contribution in [0.25, 0.3) is 16.5 Å². The number of nitrogens with zero attached hydrogens (tertiary/aromatic N) is 1. The van der Waals surface area contributed by atoms with Crippen LogP contribution in [0.15, 0.2) is 84.1 Å². The Labute approximate surface area is 190 Å². The Morgan fingerprint density at radius 1 is 1.28 bits per heavy atom. The molecule has 1 N–H and O–H groups in total. The van der Waals surface area contributed by atoms with Gasteiger partial charge in [0.15, 0.2) is 0 Å². The maximum Gasteiger partial charge on any atom is 0.253 e. The molecule has 1 spiro atoms. The maximum absolute atomic E-state index is 12.7. The SMILES string of the molecule is C=C(/C=C\C1=C[CH]1)/C=C(\C)CNC(=O)c1cnc2c(C3=CCC4(CC3)CC4)cccc2c1. The number of fused-ring (bicyclic) bond motifs is 1. The number of pyridine rings is 1. The van der Waals surface area contributed by atoms with E-state index in [1.165, 1.54) is 42.4 Å². The second-order valence-corrected chi connectivity index (χ2v) is 9.45. The molecule has 1 fully saturated rings. The minimum Gasteiger partial charge on any atom is -0.348 e. The van der Waals surface area contributed by atoms with Gasteiger partial charge in [0.2, 0.25) is 0 Å². The fourth-order valence-electron chi connectivity index (χ4n) is 4.46. The number of hydrogen-bond donors (Lipinski definition) is 1. The van der Waals surface area contributed by atoms with E-state index in [0.29, 0.717) is 17.5 Å². The van der Waals surface area contributed by atoms with E-state index >= 15 is 0 Å². The third kappa shape index (κ3) is 4.67. The Bertz CT molecular complexity index is 1220. The molecule has 1 heterocycles. The molecule has 1 saturated carbocycles. The van der Waals surface area contributed by atoms with Crippen LogP contribution in [0.5, 0.6) is 0 Å². The van der Waals surface area contributed by atoms with Gasteiger partial charge in [0, 0.05) is 30.1 Å². The third-order valence-electron chi connectivity index (χ3n) is 6.79. The zero-order valence-electron chi connectivity index (χ0n) is 18.7. The Balaban J connectivity index is 1.26. The summed E-state index contributed by atoms with van der Waals surface area (Å²) in [7, 11) is 0. The average molecular weight is 422 g/mol. The molecular formula is C29H29N2O. The third-order valence-corrected chi connectivity index (χ3v) is 6.79. The first-order chi connectivity index (χ1) is 15.5. The summed E-state index contributed by atoms with van der Waals surface area (Å²) in [6.45, 7) is 6.52. The van der Waals surface area contributed by atoms with Gasteiger partial charge >= 0.3 is 0 Å². The van der Waals surface area contributed by atoms with Crippen LogP contribution in [0.2, 0.25) is 0 Å². The predicted octanol–water partition coefficient (Wildman–Crippen LogP) is 6.52. The molecule has 1 aromatic carbocycles.